The summed E-state index contributed by atoms with van der Waals surface area (Å²) >= 11 is 0. The molecule has 4 aliphatic rings. The SMILES string of the molecule is O=C(CC12CC3CC(CC(O)(C3)C1)C2)NCc1cn(Cc2ccccc2)nc1-c1ccccc1. The summed E-state index contributed by atoms with van der Waals surface area (Å²) in [4.78, 5) is 13.1. The van der Waals surface area contributed by atoms with Crippen molar-refractivity contribution in [2.45, 2.75) is 63.6 Å². The highest BCUT2D eigenvalue weighted by Crippen LogP contribution is 2.62. The predicted octanol–water partition coefficient (Wildman–Crippen LogP) is 4.94. The summed E-state index contributed by atoms with van der Waals surface area (Å²) in [6.07, 6.45) is 8.70. The lowest BCUT2D eigenvalue weighted by molar-refractivity contribution is -0.169. The molecule has 4 saturated carbocycles. The average molecular weight is 456 g/mol. The van der Waals surface area contributed by atoms with Gasteiger partial charge in [-0.05, 0) is 61.3 Å². The fraction of sp³-hybridized carbons (Fsp3) is 0.448. The second-order valence-electron chi connectivity index (χ2n) is 11.2. The number of amides is 1. The number of carbonyl (C=O) groups is 1. The zero-order valence-electron chi connectivity index (χ0n) is 19.6. The first-order valence-corrected chi connectivity index (χ1v) is 12.6. The molecule has 176 valence electrons. The standard InChI is InChI=1S/C29H33N3O2/c33-26(16-28-12-22-11-23(13-28)15-29(34,14-22)20-28)30-17-25-19-32(18-21-7-3-1-4-8-21)31-27(25)24-9-5-2-6-10-24/h1-10,19,22-23,34H,11-18,20H2,(H,30,33). The second kappa shape index (κ2) is 8.38. The van der Waals surface area contributed by atoms with Crippen molar-refractivity contribution in [1.29, 1.82) is 0 Å². The number of rotatable bonds is 7. The molecule has 0 aliphatic heterocycles. The van der Waals surface area contributed by atoms with Crippen molar-refractivity contribution in [3.05, 3.63) is 78.0 Å². The molecular weight excluding hydrogens is 422 g/mol. The fourth-order valence-electron chi connectivity index (χ4n) is 7.49. The summed E-state index contributed by atoms with van der Waals surface area (Å²) in [5.74, 6) is 1.29. The van der Waals surface area contributed by atoms with Gasteiger partial charge in [0.05, 0.1) is 17.8 Å². The van der Waals surface area contributed by atoms with Crippen LogP contribution >= 0.6 is 0 Å². The van der Waals surface area contributed by atoms with Gasteiger partial charge in [0, 0.05) is 30.3 Å². The minimum Gasteiger partial charge on any atom is -0.390 e. The lowest BCUT2D eigenvalue weighted by Crippen LogP contribution is -2.56. The van der Waals surface area contributed by atoms with E-state index in [1.165, 1.54) is 12.0 Å². The Bertz CT molecular complexity index is 1160. The zero-order chi connectivity index (χ0) is 23.2. The van der Waals surface area contributed by atoms with Gasteiger partial charge >= 0.3 is 0 Å². The molecule has 5 nitrogen and oxygen atoms in total. The van der Waals surface area contributed by atoms with Gasteiger partial charge < -0.3 is 10.4 Å². The van der Waals surface area contributed by atoms with Gasteiger partial charge in [0.25, 0.3) is 0 Å². The Morgan fingerprint density at radius 3 is 2.35 bits per heavy atom. The highest BCUT2D eigenvalue weighted by Gasteiger charge is 2.57. The summed E-state index contributed by atoms with van der Waals surface area (Å²) in [6.45, 7) is 1.16. The highest BCUT2D eigenvalue weighted by atomic mass is 16.3. The molecule has 0 spiro atoms. The number of benzene rings is 2. The van der Waals surface area contributed by atoms with Gasteiger partial charge in [0.1, 0.15) is 0 Å². The topological polar surface area (TPSA) is 67.2 Å². The molecule has 1 amide bonds. The van der Waals surface area contributed by atoms with Crippen LogP contribution in [0.15, 0.2) is 66.9 Å². The lowest BCUT2D eigenvalue weighted by atomic mass is 9.47. The molecule has 4 fully saturated rings. The molecule has 2 atom stereocenters. The molecule has 4 aliphatic carbocycles. The Morgan fingerprint density at radius 1 is 1.00 bits per heavy atom. The maximum absolute atomic E-state index is 13.1. The Labute approximate surface area is 201 Å². The number of hydrogen-bond acceptors (Lipinski definition) is 3. The maximum Gasteiger partial charge on any atom is 0.220 e. The Balaban J connectivity index is 1.18. The molecule has 3 aromatic rings. The van der Waals surface area contributed by atoms with Crippen LogP contribution in [0.1, 0.15) is 56.1 Å². The van der Waals surface area contributed by atoms with E-state index in [4.69, 9.17) is 5.10 Å². The lowest BCUT2D eigenvalue weighted by Gasteiger charge is -2.60. The summed E-state index contributed by atoms with van der Waals surface area (Å²) < 4.78 is 1.97. The third-order valence-electron chi connectivity index (χ3n) is 8.24. The highest BCUT2D eigenvalue weighted by molar-refractivity contribution is 5.77. The first-order chi connectivity index (χ1) is 16.5. The van der Waals surface area contributed by atoms with E-state index >= 15 is 0 Å². The van der Waals surface area contributed by atoms with Crippen molar-refractivity contribution in [1.82, 2.24) is 15.1 Å². The number of carbonyl (C=O) groups excluding carboxylic acids is 1. The van der Waals surface area contributed by atoms with Crippen molar-refractivity contribution in [3.8, 4) is 11.3 Å². The Hall–Kier alpha value is -2.92. The van der Waals surface area contributed by atoms with Crippen LogP contribution in [0.2, 0.25) is 0 Å². The normalized spacial score (nSPS) is 29.3. The van der Waals surface area contributed by atoms with E-state index in [2.05, 4.69) is 35.8 Å². The monoisotopic (exact) mass is 455 g/mol. The summed E-state index contributed by atoms with van der Waals surface area (Å²) in [6, 6.07) is 20.5. The average Bonchev–Trinajstić information content (AvgIpc) is 3.19. The smallest absolute Gasteiger partial charge is 0.220 e. The van der Waals surface area contributed by atoms with E-state index < -0.39 is 5.60 Å². The van der Waals surface area contributed by atoms with Gasteiger partial charge in [-0.2, -0.15) is 5.10 Å². The summed E-state index contributed by atoms with van der Waals surface area (Å²) in [7, 11) is 0. The molecule has 4 bridgehead atoms. The molecule has 0 radical (unpaired) electrons. The molecule has 7 rings (SSSR count). The van der Waals surface area contributed by atoms with Crippen LogP contribution in [0.3, 0.4) is 0 Å². The molecule has 2 N–H and O–H groups in total. The number of aliphatic hydroxyl groups is 1. The Kier molecular flexibility index (Phi) is 5.33. The molecule has 1 heterocycles. The van der Waals surface area contributed by atoms with Crippen molar-refractivity contribution < 1.29 is 9.90 Å². The first kappa shape index (κ1) is 21.6. The molecule has 2 aromatic carbocycles. The molecule has 5 heteroatoms. The fourth-order valence-corrected chi connectivity index (χ4v) is 7.49. The van der Waals surface area contributed by atoms with E-state index in [1.807, 2.05) is 41.1 Å². The van der Waals surface area contributed by atoms with Crippen molar-refractivity contribution in [3.63, 3.8) is 0 Å². The predicted molar refractivity (Wildman–Crippen MR) is 132 cm³/mol. The van der Waals surface area contributed by atoms with Crippen molar-refractivity contribution in [2.75, 3.05) is 0 Å². The molecule has 2 unspecified atom stereocenters. The number of aromatic nitrogens is 2. The number of hydrogen-bond donors (Lipinski definition) is 2. The third-order valence-corrected chi connectivity index (χ3v) is 8.24. The first-order valence-electron chi connectivity index (χ1n) is 12.6. The molecule has 1 aromatic heterocycles. The van der Waals surface area contributed by atoms with Crippen LogP contribution in [-0.4, -0.2) is 26.4 Å². The van der Waals surface area contributed by atoms with Crippen molar-refractivity contribution >= 4 is 5.91 Å². The zero-order valence-corrected chi connectivity index (χ0v) is 19.6. The van der Waals surface area contributed by atoms with E-state index in [0.29, 0.717) is 31.3 Å². The van der Waals surface area contributed by atoms with Gasteiger partial charge in [-0.3, -0.25) is 9.48 Å². The largest absolute Gasteiger partial charge is 0.390 e. The van der Waals surface area contributed by atoms with Gasteiger partial charge in [-0.25, -0.2) is 0 Å². The van der Waals surface area contributed by atoms with Gasteiger partial charge in [0.2, 0.25) is 5.91 Å². The van der Waals surface area contributed by atoms with Gasteiger partial charge in [-0.15, -0.1) is 0 Å². The summed E-state index contributed by atoms with van der Waals surface area (Å²) in [5, 5.41) is 19.1. The minimum atomic E-state index is -0.524. The maximum atomic E-state index is 13.1. The van der Waals surface area contributed by atoms with Crippen LogP contribution in [0, 0.1) is 17.3 Å². The van der Waals surface area contributed by atoms with Crippen LogP contribution in [0.25, 0.3) is 11.3 Å². The van der Waals surface area contributed by atoms with Crippen LogP contribution < -0.4 is 5.32 Å². The molecule has 34 heavy (non-hydrogen) atoms. The summed E-state index contributed by atoms with van der Waals surface area (Å²) in [5.41, 5.74) is 3.66. The van der Waals surface area contributed by atoms with Crippen LogP contribution in [0.4, 0.5) is 0 Å². The van der Waals surface area contributed by atoms with Gasteiger partial charge in [-0.1, -0.05) is 60.7 Å². The van der Waals surface area contributed by atoms with Crippen molar-refractivity contribution in [2.24, 2.45) is 17.3 Å². The Morgan fingerprint density at radius 2 is 1.68 bits per heavy atom. The number of nitrogens with one attached hydrogen (secondary N) is 1. The third kappa shape index (κ3) is 4.29. The second-order valence-corrected chi connectivity index (χ2v) is 11.2. The van der Waals surface area contributed by atoms with Gasteiger partial charge in [0.15, 0.2) is 0 Å². The molecular formula is C29H33N3O2. The van der Waals surface area contributed by atoms with Crippen LogP contribution in [-0.2, 0) is 17.9 Å². The van der Waals surface area contributed by atoms with E-state index in [0.717, 1.165) is 48.9 Å². The minimum absolute atomic E-state index is 0.0112. The quantitative estimate of drug-likeness (QED) is 0.531. The van der Waals surface area contributed by atoms with E-state index in [1.54, 1.807) is 0 Å². The van der Waals surface area contributed by atoms with Crippen LogP contribution in [0.5, 0.6) is 0 Å². The molecule has 0 saturated heterocycles. The van der Waals surface area contributed by atoms with E-state index in [9.17, 15) is 9.90 Å². The van der Waals surface area contributed by atoms with E-state index in [-0.39, 0.29) is 11.3 Å². The number of nitrogens with zero attached hydrogens (tertiary/aromatic N) is 2.